The zero-order valence-corrected chi connectivity index (χ0v) is 16.9. The third-order valence-corrected chi connectivity index (χ3v) is 6.07. The van der Waals surface area contributed by atoms with E-state index in [2.05, 4.69) is 37.1 Å². The van der Waals surface area contributed by atoms with Gasteiger partial charge in [0.25, 0.3) is 0 Å². The van der Waals surface area contributed by atoms with Gasteiger partial charge in [-0.3, -0.25) is 4.90 Å². The van der Waals surface area contributed by atoms with Crippen LogP contribution in [0.4, 0.5) is 5.82 Å². The Morgan fingerprint density at radius 1 is 1.00 bits per heavy atom. The van der Waals surface area contributed by atoms with Crippen LogP contribution in [0.5, 0.6) is 0 Å². The molecule has 0 saturated carbocycles. The number of aryl methyl sites for hydroxylation is 2. The molecule has 1 aromatic carbocycles. The molecule has 1 aliphatic heterocycles. The molecule has 3 aromatic rings. The van der Waals surface area contributed by atoms with Crippen molar-refractivity contribution in [2.75, 3.05) is 31.1 Å². The SMILES string of the molecule is Cc1nc(C)c(-c2ccc(N3CCN(Cc4ccc(C#N)cc4)CC3)nn2)s1. The monoisotopic (exact) mass is 390 g/mol. The van der Waals surface area contributed by atoms with E-state index >= 15 is 0 Å². The van der Waals surface area contributed by atoms with Gasteiger partial charge in [-0.1, -0.05) is 12.1 Å². The lowest BCUT2D eigenvalue weighted by Crippen LogP contribution is -2.46. The molecule has 0 amide bonds. The maximum absolute atomic E-state index is 8.90. The van der Waals surface area contributed by atoms with Gasteiger partial charge in [0.2, 0.25) is 0 Å². The van der Waals surface area contributed by atoms with Crippen LogP contribution in [0.2, 0.25) is 0 Å². The van der Waals surface area contributed by atoms with Gasteiger partial charge < -0.3 is 4.90 Å². The first-order chi connectivity index (χ1) is 13.6. The lowest BCUT2D eigenvalue weighted by molar-refractivity contribution is 0.249. The van der Waals surface area contributed by atoms with Crippen LogP contribution in [0, 0.1) is 25.2 Å². The number of nitriles is 1. The summed E-state index contributed by atoms with van der Waals surface area (Å²) in [5.41, 5.74) is 3.86. The third-order valence-electron chi connectivity index (χ3n) is 4.97. The van der Waals surface area contributed by atoms with Crippen molar-refractivity contribution in [3.05, 3.63) is 58.2 Å². The summed E-state index contributed by atoms with van der Waals surface area (Å²) < 4.78 is 0. The van der Waals surface area contributed by atoms with Crippen molar-refractivity contribution >= 4 is 17.2 Å². The van der Waals surface area contributed by atoms with Crippen LogP contribution in [0.3, 0.4) is 0 Å². The van der Waals surface area contributed by atoms with E-state index in [1.165, 1.54) is 5.56 Å². The number of nitrogens with zero attached hydrogens (tertiary/aromatic N) is 6. The Morgan fingerprint density at radius 3 is 2.32 bits per heavy atom. The first-order valence-corrected chi connectivity index (χ1v) is 10.2. The fourth-order valence-electron chi connectivity index (χ4n) is 3.46. The molecule has 0 aliphatic carbocycles. The minimum Gasteiger partial charge on any atom is -0.353 e. The largest absolute Gasteiger partial charge is 0.353 e. The van der Waals surface area contributed by atoms with Crippen molar-refractivity contribution in [1.29, 1.82) is 5.26 Å². The van der Waals surface area contributed by atoms with Gasteiger partial charge in [-0.05, 0) is 43.7 Å². The summed E-state index contributed by atoms with van der Waals surface area (Å²) in [5.74, 6) is 0.931. The van der Waals surface area contributed by atoms with Gasteiger partial charge in [-0.2, -0.15) is 5.26 Å². The van der Waals surface area contributed by atoms with Crippen LogP contribution in [0.1, 0.15) is 21.8 Å². The maximum atomic E-state index is 8.90. The number of hydrogen-bond donors (Lipinski definition) is 0. The second-order valence-corrected chi connectivity index (χ2v) is 8.20. The van der Waals surface area contributed by atoms with E-state index in [1.807, 2.05) is 44.2 Å². The van der Waals surface area contributed by atoms with E-state index in [-0.39, 0.29) is 0 Å². The molecule has 0 radical (unpaired) electrons. The zero-order chi connectivity index (χ0) is 19.5. The highest BCUT2D eigenvalue weighted by Gasteiger charge is 2.19. The predicted molar refractivity (Wildman–Crippen MR) is 111 cm³/mol. The molecule has 3 heterocycles. The molecule has 1 aliphatic rings. The average molecular weight is 391 g/mol. The second-order valence-electron chi connectivity index (χ2n) is 7.00. The van der Waals surface area contributed by atoms with Crippen molar-refractivity contribution in [3.63, 3.8) is 0 Å². The van der Waals surface area contributed by atoms with Crippen molar-refractivity contribution in [2.45, 2.75) is 20.4 Å². The highest BCUT2D eigenvalue weighted by atomic mass is 32.1. The molecule has 1 saturated heterocycles. The van der Waals surface area contributed by atoms with Crippen molar-refractivity contribution in [2.24, 2.45) is 0 Å². The summed E-state index contributed by atoms with van der Waals surface area (Å²) in [6.07, 6.45) is 0. The van der Waals surface area contributed by atoms with E-state index < -0.39 is 0 Å². The van der Waals surface area contributed by atoms with Gasteiger partial charge in [-0.25, -0.2) is 4.98 Å². The molecule has 7 heteroatoms. The van der Waals surface area contributed by atoms with Crippen molar-refractivity contribution in [3.8, 4) is 16.6 Å². The lowest BCUT2D eigenvalue weighted by Gasteiger charge is -2.35. The minimum atomic E-state index is 0.708. The van der Waals surface area contributed by atoms with Crippen LogP contribution in [0.15, 0.2) is 36.4 Å². The molecule has 0 atom stereocenters. The Hall–Kier alpha value is -2.82. The van der Waals surface area contributed by atoms with Gasteiger partial charge in [0.15, 0.2) is 5.82 Å². The molecule has 4 rings (SSSR count). The first kappa shape index (κ1) is 18.5. The number of rotatable bonds is 4. The number of thiazole rings is 1. The average Bonchev–Trinajstić information content (AvgIpc) is 3.07. The van der Waals surface area contributed by atoms with E-state index in [0.717, 1.165) is 59.8 Å². The Bertz CT molecular complexity index is 979. The van der Waals surface area contributed by atoms with Gasteiger partial charge in [0.1, 0.15) is 5.69 Å². The highest BCUT2D eigenvalue weighted by Crippen LogP contribution is 2.28. The lowest BCUT2D eigenvalue weighted by atomic mass is 10.1. The van der Waals surface area contributed by atoms with Gasteiger partial charge in [0, 0.05) is 32.7 Å². The Morgan fingerprint density at radius 2 is 1.75 bits per heavy atom. The summed E-state index contributed by atoms with van der Waals surface area (Å²) in [5, 5.41) is 18.9. The van der Waals surface area contributed by atoms with E-state index in [0.29, 0.717) is 5.56 Å². The van der Waals surface area contributed by atoms with Gasteiger partial charge in [0.05, 0.1) is 27.2 Å². The first-order valence-electron chi connectivity index (χ1n) is 9.37. The number of anilines is 1. The summed E-state index contributed by atoms with van der Waals surface area (Å²) in [6.45, 7) is 8.77. The summed E-state index contributed by atoms with van der Waals surface area (Å²) in [6, 6.07) is 14.1. The van der Waals surface area contributed by atoms with E-state index in [1.54, 1.807) is 11.3 Å². The zero-order valence-electron chi connectivity index (χ0n) is 16.1. The summed E-state index contributed by atoms with van der Waals surface area (Å²) in [4.78, 5) is 10.3. The standard InChI is InChI=1S/C21H22N6S/c1-15-21(28-16(2)23-15)19-7-8-20(25-24-19)27-11-9-26(10-12-27)14-18-5-3-17(13-22)4-6-18/h3-8H,9-12,14H2,1-2H3. The molecule has 0 spiro atoms. The van der Waals surface area contributed by atoms with Crippen LogP contribution >= 0.6 is 11.3 Å². The number of hydrogen-bond acceptors (Lipinski definition) is 7. The number of aromatic nitrogens is 3. The molecule has 0 unspecified atom stereocenters. The fraction of sp³-hybridized carbons (Fsp3) is 0.333. The molecule has 142 valence electrons. The van der Waals surface area contributed by atoms with Crippen molar-refractivity contribution < 1.29 is 0 Å². The molecule has 2 aromatic heterocycles. The van der Waals surface area contributed by atoms with Crippen LogP contribution in [-0.4, -0.2) is 46.3 Å². The fourth-order valence-corrected chi connectivity index (χ4v) is 4.35. The van der Waals surface area contributed by atoms with E-state index in [9.17, 15) is 0 Å². The summed E-state index contributed by atoms with van der Waals surface area (Å²) in [7, 11) is 0. The van der Waals surface area contributed by atoms with Gasteiger partial charge >= 0.3 is 0 Å². The quantitative estimate of drug-likeness (QED) is 0.680. The second kappa shape index (κ2) is 8.05. The molecule has 0 bridgehead atoms. The molecule has 28 heavy (non-hydrogen) atoms. The topological polar surface area (TPSA) is 68.9 Å². The highest BCUT2D eigenvalue weighted by molar-refractivity contribution is 7.15. The number of benzene rings is 1. The molecule has 0 N–H and O–H groups in total. The van der Waals surface area contributed by atoms with Crippen LogP contribution < -0.4 is 4.90 Å². The van der Waals surface area contributed by atoms with Crippen LogP contribution in [0.25, 0.3) is 10.6 Å². The Kier molecular flexibility index (Phi) is 5.33. The summed E-state index contributed by atoms with van der Waals surface area (Å²) >= 11 is 1.66. The van der Waals surface area contributed by atoms with Gasteiger partial charge in [-0.15, -0.1) is 21.5 Å². The molecular weight excluding hydrogens is 368 g/mol. The molecule has 1 fully saturated rings. The Balaban J connectivity index is 1.35. The maximum Gasteiger partial charge on any atom is 0.151 e. The minimum absolute atomic E-state index is 0.708. The Labute approximate surface area is 169 Å². The number of piperazine rings is 1. The normalized spacial score (nSPS) is 14.8. The molecular formula is C21H22N6S. The third kappa shape index (κ3) is 4.03. The van der Waals surface area contributed by atoms with E-state index in [4.69, 9.17) is 5.26 Å². The van der Waals surface area contributed by atoms with Crippen LogP contribution in [-0.2, 0) is 6.54 Å². The predicted octanol–water partition coefficient (Wildman–Crippen LogP) is 3.41. The van der Waals surface area contributed by atoms with Crippen molar-refractivity contribution in [1.82, 2.24) is 20.1 Å². The molecule has 6 nitrogen and oxygen atoms in total. The smallest absolute Gasteiger partial charge is 0.151 e.